The number of pyridine rings is 2. The molecule has 6 heterocycles. The summed E-state index contributed by atoms with van der Waals surface area (Å²) < 4.78 is 3.51. The summed E-state index contributed by atoms with van der Waals surface area (Å²) in [5.74, 6) is 1.26. The third-order valence-corrected chi connectivity index (χ3v) is 5.30. The zero-order valence-electron chi connectivity index (χ0n) is 17.3. The fourth-order valence-electron chi connectivity index (χ4n) is 3.84. The van der Waals surface area contributed by atoms with Crippen molar-refractivity contribution in [2.75, 3.05) is 0 Å². The van der Waals surface area contributed by atoms with Gasteiger partial charge >= 0.3 is 0 Å². The second kappa shape index (κ2) is 6.82. The third-order valence-electron chi connectivity index (χ3n) is 5.30. The Bertz CT molecular complexity index is 1600. The minimum Gasteiger partial charge on any atom is -0.390 e. The molecule has 0 bridgehead atoms. The van der Waals surface area contributed by atoms with E-state index >= 15 is 0 Å². The second-order valence-corrected chi connectivity index (χ2v) is 7.52. The highest BCUT2D eigenvalue weighted by Gasteiger charge is 2.18. The number of fused-ring (bicyclic) bond motifs is 2. The number of nitrogens with zero attached hydrogens (tertiary/aromatic N) is 8. The Kier molecular flexibility index (Phi) is 3.92. The van der Waals surface area contributed by atoms with E-state index < -0.39 is 0 Å². The van der Waals surface area contributed by atoms with Crippen molar-refractivity contribution in [1.82, 2.24) is 49.5 Å². The molecular formula is C21H18N10O. The van der Waals surface area contributed by atoms with E-state index in [1.54, 1.807) is 17.2 Å². The van der Waals surface area contributed by atoms with Crippen LogP contribution in [0.3, 0.4) is 0 Å². The Morgan fingerprint density at radius 2 is 1.94 bits per heavy atom. The zero-order valence-corrected chi connectivity index (χ0v) is 17.3. The second-order valence-electron chi connectivity index (χ2n) is 7.52. The Morgan fingerprint density at radius 3 is 2.75 bits per heavy atom. The first kappa shape index (κ1) is 18.4. The smallest absolute Gasteiger partial charge is 0.166 e. The lowest BCUT2D eigenvalue weighted by molar-refractivity contribution is 0.276. The lowest BCUT2D eigenvalue weighted by Gasteiger charge is -2.00. The third kappa shape index (κ3) is 2.79. The molecule has 0 amide bonds. The molecule has 158 valence electrons. The zero-order chi connectivity index (χ0) is 21.8. The molecule has 6 aromatic rings. The van der Waals surface area contributed by atoms with Gasteiger partial charge in [-0.25, -0.2) is 19.9 Å². The SMILES string of the molecule is Cc1cn(-c2nccc3[nH]c(-c4n[nH]c5ccc(-c6cn(C)nc6CO)nc45)nc23)cn1. The van der Waals surface area contributed by atoms with Gasteiger partial charge in [0, 0.05) is 31.2 Å². The van der Waals surface area contributed by atoms with E-state index in [1.165, 1.54) is 0 Å². The monoisotopic (exact) mass is 426 g/mol. The number of aromatic nitrogens is 10. The van der Waals surface area contributed by atoms with Gasteiger partial charge in [0.05, 0.1) is 34.7 Å². The van der Waals surface area contributed by atoms with Crippen LogP contribution in [0.2, 0.25) is 0 Å². The van der Waals surface area contributed by atoms with E-state index in [0.717, 1.165) is 22.3 Å². The summed E-state index contributed by atoms with van der Waals surface area (Å²) in [5, 5.41) is 21.4. The molecule has 0 aliphatic heterocycles. The van der Waals surface area contributed by atoms with Crippen molar-refractivity contribution in [2.45, 2.75) is 13.5 Å². The summed E-state index contributed by atoms with van der Waals surface area (Å²) in [6.45, 7) is 1.76. The molecular weight excluding hydrogens is 408 g/mol. The first-order valence-electron chi connectivity index (χ1n) is 9.95. The highest BCUT2D eigenvalue weighted by Crippen LogP contribution is 2.29. The van der Waals surface area contributed by atoms with Crippen LogP contribution >= 0.6 is 0 Å². The van der Waals surface area contributed by atoms with Crippen molar-refractivity contribution in [3.05, 3.63) is 54.5 Å². The maximum absolute atomic E-state index is 9.65. The number of hydrogen-bond donors (Lipinski definition) is 3. The van der Waals surface area contributed by atoms with Crippen LogP contribution in [0.1, 0.15) is 11.4 Å². The average molecular weight is 426 g/mol. The van der Waals surface area contributed by atoms with E-state index in [-0.39, 0.29) is 6.61 Å². The Morgan fingerprint density at radius 1 is 1.03 bits per heavy atom. The maximum Gasteiger partial charge on any atom is 0.166 e. The molecule has 11 nitrogen and oxygen atoms in total. The van der Waals surface area contributed by atoms with Gasteiger partial charge in [-0.15, -0.1) is 0 Å². The van der Waals surface area contributed by atoms with Crippen LogP contribution in [0.4, 0.5) is 0 Å². The Balaban J connectivity index is 1.51. The van der Waals surface area contributed by atoms with E-state index in [2.05, 4.69) is 30.2 Å². The first-order chi connectivity index (χ1) is 15.6. The topological polar surface area (TPSA) is 139 Å². The molecule has 6 aromatic heterocycles. The summed E-state index contributed by atoms with van der Waals surface area (Å²) in [6.07, 6.45) is 7.19. The molecule has 0 radical (unpaired) electrons. The molecule has 0 saturated heterocycles. The quantitative estimate of drug-likeness (QED) is 0.393. The number of aliphatic hydroxyl groups excluding tert-OH is 1. The number of H-pyrrole nitrogens is 2. The number of aryl methyl sites for hydroxylation is 2. The fraction of sp³-hybridized carbons (Fsp3) is 0.143. The summed E-state index contributed by atoms with van der Waals surface area (Å²) in [4.78, 5) is 21.7. The summed E-state index contributed by atoms with van der Waals surface area (Å²) in [7, 11) is 1.81. The lowest BCUT2D eigenvalue weighted by Crippen LogP contribution is -1.95. The Labute approximate surface area is 180 Å². The van der Waals surface area contributed by atoms with Crippen LogP contribution in [0, 0.1) is 6.92 Å². The van der Waals surface area contributed by atoms with Gasteiger partial charge in [-0.05, 0) is 25.1 Å². The molecule has 3 N–H and O–H groups in total. The standard InChI is InChI=1S/C21H18N10O/c1-11-7-31(10-23-11)21-18-14(5-6-22-21)25-20(26-18)19-17-15(27-28-19)4-3-13(24-17)12-8-30(2)29-16(12)9-32/h3-8,10,32H,9H2,1-2H3,(H,25,26)(H,27,28). The summed E-state index contributed by atoms with van der Waals surface area (Å²) >= 11 is 0. The van der Waals surface area contributed by atoms with Crippen LogP contribution in [-0.4, -0.2) is 54.6 Å². The fourth-order valence-corrected chi connectivity index (χ4v) is 3.84. The van der Waals surface area contributed by atoms with Crippen molar-refractivity contribution in [1.29, 1.82) is 0 Å². The van der Waals surface area contributed by atoms with Crippen molar-refractivity contribution in [3.63, 3.8) is 0 Å². The lowest BCUT2D eigenvalue weighted by atomic mass is 10.1. The molecule has 0 aromatic carbocycles. The number of aromatic amines is 2. The van der Waals surface area contributed by atoms with Gasteiger partial charge in [0.15, 0.2) is 17.3 Å². The van der Waals surface area contributed by atoms with Crippen LogP contribution in [-0.2, 0) is 13.7 Å². The van der Waals surface area contributed by atoms with Crippen LogP contribution in [0.15, 0.2) is 43.1 Å². The van der Waals surface area contributed by atoms with Gasteiger partial charge in [-0.2, -0.15) is 10.2 Å². The number of hydrogen-bond acceptors (Lipinski definition) is 7. The van der Waals surface area contributed by atoms with Gasteiger partial charge in [0.25, 0.3) is 0 Å². The van der Waals surface area contributed by atoms with Crippen molar-refractivity contribution in [2.24, 2.45) is 7.05 Å². The normalized spacial score (nSPS) is 11.7. The molecule has 0 atom stereocenters. The van der Waals surface area contributed by atoms with Crippen LogP contribution in [0.5, 0.6) is 0 Å². The van der Waals surface area contributed by atoms with Crippen molar-refractivity contribution < 1.29 is 5.11 Å². The van der Waals surface area contributed by atoms with Gasteiger partial charge in [0.1, 0.15) is 17.4 Å². The molecule has 11 heteroatoms. The highest BCUT2D eigenvalue weighted by atomic mass is 16.3. The van der Waals surface area contributed by atoms with Gasteiger partial charge in [-0.1, -0.05) is 0 Å². The number of imidazole rings is 2. The molecule has 6 rings (SSSR count). The maximum atomic E-state index is 9.65. The van der Waals surface area contributed by atoms with E-state index in [1.807, 2.05) is 49.1 Å². The molecule has 32 heavy (non-hydrogen) atoms. The highest BCUT2D eigenvalue weighted by molar-refractivity contribution is 5.92. The predicted octanol–water partition coefficient (Wildman–Crippen LogP) is 2.28. The molecule has 0 aliphatic rings. The minimum absolute atomic E-state index is 0.165. The van der Waals surface area contributed by atoms with Crippen molar-refractivity contribution >= 4 is 22.1 Å². The van der Waals surface area contributed by atoms with E-state index in [9.17, 15) is 5.11 Å². The minimum atomic E-state index is -0.165. The molecule has 0 spiro atoms. The molecule has 0 aliphatic carbocycles. The van der Waals surface area contributed by atoms with Gasteiger partial charge in [0.2, 0.25) is 0 Å². The largest absolute Gasteiger partial charge is 0.390 e. The summed E-state index contributed by atoms with van der Waals surface area (Å²) in [6, 6.07) is 5.66. The predicted molar refractivity (Wildman–Crippen MR) is 117 cm³/mol. The van der Waals surface area contributed by atoms with Crippen LogP contribution < -0.4 is 0 Å². The summed E-state index contributed by atoms with van der Waals surface area (Å²) in [5.41, 5.74) is 6.53. The average Bonchev–Trinajstić information content (AvgIpc) is 3.57. The Hall–Kier alpha value is -4.38. The first-order valence-corrected chi connectivity index (χ1v) is 9.95. The molecule has 0 fully saturated rings. The van der Waals surface area contributed by atoms with Gasteiger partial charge in [-0.3, -0.25) is 14.3 Å². The number of rotatable bonds is 4. The van der Waals surface area contributed by atoms with E-state index in [0.29, 0.717) is 39.8 Å². The number of nitrogens with one attached hydrogen (secondary N) is 2. The molecule has 0 unspecified atom stereocenters. The number of aliphatic hydroxyl groups is 1. The van der Waals surface area contributed by atoms with Crippen LogP contribution in [0.25, 0.3) is 50.7 Å². The molecule has 0 saturated carbocycles. The van der Waals surface area contributed by atoms with Crippen molar-refractivity contribution in [3.8, 4) is 28.6 Å². The van der Waals surface area contributed by atoms with Gasteiger partial charge < -0.3 is 10.1 Å². The van der Waals surface area contributed by atoms with E-state index in [4.69, 9.17) is 9.97 Å².